The van der Waals surface area contributed by atoms with E-state index in [1.807, 2.05) is 26.2 Å². The first-order valence-corrected chi connectivity index (χ1v) is 13.7. The van der Waals surface area contributed by atoms with E-state index in [0.717, 1.165) is 34.6 Å². The fourth-order valence-corrected chi connectivity index (χ4v) is 5.81. The van der Waals surface area contributed by atoms with Gasteiger partial charge in [0.25, 0.3) is 10.7 Å². The van der Waals surface area contributed by atoms with E-state index < -0.39 is 35.6 Å². The molecule has 1 aromatic heterocycles. The van der Waals surface area contributed by atoms with Crippen LogP contribution >= 0.6 is 11.3 Å². The molecule has 2 saturated heterocycles. The maximum atomic E-state index is 13.2. The molecular weight excluding hydrogens is 482 g/mol. The summed E-state index contributed by atoms with van der Waals surface area (Å²) in [5.41, 5.74) is -0.235. The number of carbonyl (C=O) groups is 2. The van der Waals surface area contributed by atoms with Crippen LogP contribution in [0.4, 0.5) is 0 Å². The number of aliphatic hydroxyl groups is 2. The molecule has 3 heterocycles. The van der Waals surface area contributed by atoms with Gasteiger partial charge in [0.15, 0.2) is 0 Å². The Kier molecular flexibility index (Phi) is 8.70. The topological polar surface area (TPSA) is 120 Å². The highest BCUT2D eigenvalue weighted by molar-refractivity contribution is 7.09. The van der Waals surface area contributed by atoms with Gasteiger partial charge in [0.2, 0.25) is 0 Å². The summed E-state index contributed by atoms with van der Waals surface area (Å²) in [6.07, 6.45) is 1.46. The Balaban J connectivity index is 1.88. The number of cyclic esters (lactones) is 1. The molecule has 0 aromatic carbocycles. The van der Waals surface area contributed by atoms with E-state index in [1.54, 1.807) is 33.8 Å². The van der Waals surface area contributed by atoms with Crippen molar-refractivity contribution in [3.8, 4) is 0 Å². The molecule has 36 heavy (non-hydrogen) atoms. The smallest absolute Gasteiger partial charge is 0.309 e. The zero-order valence-corrected chi connectivity index (χ0v) is 23.3. The highest BCUT2D eigenvalue weighted by Gasteiger charge is 2.53. The van der Waals surface area contributed by atoms with E-state index in [1.165, 1.54) is 11.3 Å². The van der Waals surface area contributed by atoms with Crippen molar-refractivity contribution >= 4 is 29.2 Å². The van der Waals surface area contributed by atoms with Crippen LogP contribution in [0, 0.1) is 24.2 Å². The molecule has 1 aromatic rings. The molecule has 2 aliphatic rings. The molecule has 0 radical (unpaired) electrons. The van der Waals surface area contributed by atoms with Crippen LogP contribution in [-0.2, 0) is 19.1 Å². The molecule has 7 atom stereocenters. The van der Waals surface area contributed by atoms with Gasteiger partial charge in [-0.1, -0.05) is 45.5 Å². The molecule has 0 bridgehead atoms. The van der Waals surface area contributed by atoms with Crippen LogP contribution in [0.3, 0.4) is 0 Å². The maximum Gasteiger partial charge on any atom is 0.309 e. The van der Waals surface area contributed by atoms with E-state index in [0.29, 0.717) is 12.1 Å². The van der Waals surface area contributed by atoms with Gasteiger partial charge in [-0.25, -0.2) is 0 Å². The number of rotatable bonds is 2. The van der Waals surface area contributed by atoms with Crippen molar-refractivity contribution in [2.24, 2.45) is 17.3 Å². The van der Waals surface area contributed by atoms with Crippen molar-refractivity contribution in [2.75, 3.05) is 0 Å². The molecule has 0 saturated carbocycles. The van der Waals surface area contributed by atoms with Gasteiger partial charge >= 0.3 is 5.97 Å². The third-order valence-corrected chi connectivity index (χ3v) is 9.06. The lowest BCUT2D eigenvalue weighted by molar-refractivity contribution is -0.906. The molecule has 9 heteroatoms. The number of Topliss-reactive ketones (excluding diaryl/α,β-unsaturated/α-hetero) is 1. The number of nitrogens with zero attached hydrogens (tertiary/aromatic N) is 1. The molecule has 2 fully saturated rings. The van der Waals surface area contributed by atoms with Crippen molar-refractivity contribution < 1.29 is 39.2 Å². The second-order valence-electron chi connectivity index (χ2n) is 11.5. The number of epoxide rings is 1. The summed E-state index contributed by atoms with van der Waals surface area (Å²) < 4.78 is 13.0. The quantitative estimate of drug-likeness (QED) is 0.234. The normalized spacial score (nSPS) is 36.8. The second kappa shape index (κ2) is 10.9. The van der Waals surface area contributed by atoms with E-state index in [-0.39, 0.29) is 29.8 Å². The highest BCUT2D eigenvalue weighted by atomic mass is 32.1. The first-order valence-electron chi connectivity index (χ1n) is 12.8. The number of hydrogen-bond acceptors (Lipinski definition) is 8. The number of ketones is 1. The lowest BCUT2D eigenvalue weighted by atomic mass is 9.73. The minimum Gasteiger partial charge on any atom is -0.458 e. The van der Waals surface area contributed by atoms with Gasteiger partial charge in [0, 0.05) is 30.1 Å². The largest absolute Gasteiger partial charge is 0.458 e. The van der Waals surface area contributed by atoms with Crippen LogP contribution in [0.5, 0.6) is 0 Å². The minimum atomic E-state index is -1.26. The summed E-state index contributed by atoms with van der Waals surface area (Å²) in [5.74, 6) is -1.66. The van der Waals surface area contributed by atoms with Gasteiger partial charge < -0.3 is 19.7 Å². The number of hydrogen-bond donors (Lipinski definition) is 3. The SMILES string of the molecule is CC(=Cc1csc(C)[n+]1O)[C@@H]1C[C@@H]2O[C@]2(C)CCC[C@H](C)[C@H](O)[C@@H](C)C(=O)C(C)(C)[C@@H](O)CC(=O)O1. The monoisotopic (exact) mass is 524 g/mol. The van der Waals surface area contributed by atoms with E-state index in [9.17, 15) is 25.0 Å². The third-order valence-electron chi connectivity index (χ3n) is 8.18. The van der Waals surface area contributed by atoms with Crippen LogP contribution < -0.4 is 4.73 Å². The summed E-state index contributed by atoms with van der Waals surface area (Å²) in [7, 11) is 0. The van der Waals surface area contributed by atoms with E-state index in [4.69, 9.17) is 9.47 Å². The molecular formula is C27H42NO7S+. The first kappa shape index (κ1) is 28.8. The minimum absolute atomic E-state index is 0.0901. The molecule has 8 nitrogen and oxygen atoms in total. The van der Waals surface area contributed by atoms with Crippen molar-refractivity contribution in [3.63, 3.8) is 0 Å². The number of thiazole rings is 1. The number of aliphatic hydroxyl groups excluding tert-OH is 2. The van der Waals surface area contributed by atoms with Crippen LogP contribution in [0.1, 0.15) is 84.3 Å². The van der Waals surface area contributed by atoms with Gasteiger partial charge in [-0.05, 0) is 38.2 Å². The summed E-state index contributed by atoms with van der Waals surface area (Å²) in [6.45, 7) is 12.5. The Morgan fingerprint density at radius 2 is 1.89 bits per heavy atom. The summed E-state index contributed by atoms with van der Waals surface area (Å²) in [5, 5.41) is 34.5. The fourth-order valence-electron chi connectivity index (χ4n) is 5.14. The van der Waals surface area contributed by atoms with Gasteiger partial charge in [-0.3, -0.25) is 14.8 Å². The molecule has 0 unspecified atom stereocenters. The molecule has 3 rings (SSSR count). The Hall–Kier alpha value is -1.81. The van der Waals surface area contributed by atoms with E-state index >= 15 is 0 Å². The number of fused-ring (bicyclic) bond motifs is 1. The number of esters is 1. The zero-order valence-electron chi connectivity index (χ0n) is 22.5. The maximum absolute atomic E-state index is 13.2. The Morgan fingerprint density at radius 1 is 1.22 bits per heavy atom. The summed E-state index contributed by atoms with van der Waals surface area (Å²) in [4.78, 5) is 26.2. The van der Waals surface area contributed by atoms with Crippen molar-refractivity contribution in [1.29, 1.82) is 0 Å². The Morgan fingerprint density at radius 3 is 2.50 bits per heavy atom. The second-order valence-corrected chi connectivity index (χ2v) is 12.5. The first-order chi connectivity index (χ1) is 16.7. The molecule has 3 N–H and O–H groups in total. The van der Waals surface area contributed by atoms with Crippen LogP contribution in [0.2, 0.25) is 0 Å². The highest BCUT2D eigenvalue weighted by Crippen LogP contribution is 2.45. The molecule has 0 spiro atoms. The molecule has 0 amide bonds. The Labute approximate surface area is 217 Å². The van der Waals surface area contributed by atoms with Crippen molar-refractivity contribution in [1.82, 2.24) is 0 Å². The predicted octanol–water partition coefficient (Wildman–Crippen LogP) is 3.61. The fraction of sp³-hybridized carbons (Fsp3) is 0.741. The third kappa shape index (κ3) is 6.18. The lowest BCUT2D eigenvalue weighted by Crippen LogP contribution is -2.45. The van der Waals surface area contributed by atoms with E-state index in [2.05, 4.69) is 0 Å². The van der Waals surface area contributed by atoms with Gasteiger partial charge in [-0.15, -0.1) is 0 Å². The van der Waals surface area contributed by atoms with Crippen LogP contribution in [-0.4, -0.2) is 57.2 Å². The average molecular weight is 525 g/mol. The van der Waals surface area contributed by atoms with Crippen molar-refractivity contribution in [2.45, 2.75) is 111 Å². The van der Waals surface area contributed by atoms with Crippen molar-refractivity contribution in [3.05, 3.63) is 21.7 Å². The molecule has 0 aliphatic carbocycles. The number of aryl methyl sites for hydroxylation is 1. The van der Waals surface area contributed by atoms with Crippen LogP contribution in [0.25, 0.3) is 6.08 Å². The summed E-state index contributed by atoms with van der Waals surface area (Å²) in [6, 6.07) is 0. The number of carbonyl (C=O) groups excluding carboxylic acids is 2. The van der Waals surface area contributed by atoms with Gasteiger partial charge in [0.1, 0.15) is 11.9 Å². The molecule has 2 aliphatic heterocycles. The number of ether oxygens (including phenoxy) is 2. The zero-order chi connectivity index (χ0) is 27.0. The van der Waals surface area contributed by atoms with Crippen LogP contribution in [0.15, 0.2) is 11.0 Å². The lowest BCUT2D eigenvalue weighted by Gasteiger charge is -2.34. The average Bonchev–Trinajstić information content (AvgIpc) is 3.34. The van der Waals surface area contributed by atoms with Gasteiger partial charge in [0.05, 0.1) is 41.1 Å². The Bertz CT molecular complexity index is 1000. The van der Waals surface area contributed by atoms with Gasteiger partial charge in [-0.2, -0.15) is 0 Å². The summed E-state index contributed by atoms with van der Waals surface area (Å²) >= 11 is 1.41. The molecule has 202 valence electrons. The standard InChI is InChI=1S/C27H42NO7S/c1-15-9-8-10-27(7)22(35-27)12-20(16(2)11-19-14-36-18(4)28(19)33)34-23(30)13-21(29)26(5,6)25(32)17(3)24(15)31/h11,14-15,17,20-22,24,29,31,33H,8-10,12-13H2,1-7H3/q+1/t15-,17+,20-,21-,22-,24-,27+/m0/s1. The number of aromatic nitrogens is 1. The predicted molar refractivity (Wildman–Crippen MR) is 135 cm³/mol.